The Hall–Kier alpha value is -2.04. The Morgan fingerprint density at radius 3 is 1.43 bits per heavy atom. The molecule has 0 amide bonds. The number of hydrogen-bond acceptors (Lipinski definition) is 4. The van der Waals surface area contributed by atoms with Crippen molar-refractivity contribution in [2.75, 3.05) is 38.5 Å². The predicted molar refractivity (Wildman–Crippen MR) is 89.8 cm³/mol. The van der Waals surface area contributed by atoms with Gasteiger partial charge in [-0.2, -0.15) is 0 Å². The molecule has 2 aromatic rings. The molecule has 0 atom stereocenters. The molecule has 0 radical (unpaired) electrons. The van der Waals surface area contributed by atoms with Crippen molar-refractivity contribution < 1.29 is 5.11 Å². The van der Waals surface area contributed by atoms with Gasteiger partial charge >= 0.3 is 0 Å². The summed E-state index contributed by atoms with van der Waals surface area (Å²) in [6, 6.07) is 18.8. The molecule has 4 heteroatoms. The van der Waals surface area contributed by atoms with E-state index in [1.165, 1.54) is 0 Å². The first-order valence-corrected chi connectivity index (χ1v) is 7.21. The van der Waals surface area contributed by atoms with Gasteiger partial charge in [0.1, 0.15) is 5.75 Å². The molecular weight excluding hydrogens is 262 g/mol. The van der Waals surface area contributed by atoms with E-state index in [2.05, 4.69) is 16.0 Å². The molecule has 2 aromatic carbocycles. The lowest BCUT2D eigenvalue weighted by molar-refractivity contribution is 0.475. The molecule has 4 N–H and O–H groups in total. The number of piperazine rings is 1. The molecule has 114 valence electrons. The van der Waals surface area contributed by atoms with E-state index >= 15 is 0 Å². The number of para-hydroxylation sites is 2. The fraction of sp³-hybridized carbons (Fsp3) is 0.294. The van der Waals surface area contributed by atoms with Crippen molar-refractivity contribution in [2.24, 2.45) is 0 Å². The lowest BCUT2D eigenvalue weighted by Gasteiger charge is -2.11. The van der Waals surface area contributed by atoms with Gasteiger partial charge in [0.25, 0.3) is 0 Å². The number of rotatable bonds is 1. The number of phenols is 1. The van der Waals surface area contributed by atoms with Crippen molar-refractivity contribution in [3.05, 3.63) is 60.7 Å². The normalized spacial score (nSPS) is 13.0. The molecule has 0 spiro atoms. The Morgan fingerprint density at radius 2 is 1.19 bits per heavy atom. The summed E-state index contributed by atoms with van der Waals surface area (Å²) in [4.78, 5) is 0. The van der Waals surface area contributed by atoms with Gasteiger partial charge in [0.05, 0.1) is 0 Å². The fourth-order valence-corrected chi connectivity index (χ4v) is 1.64. The molecule has 3 rings (SSSR count). The molecule has 21 heavy (non-hydrogen) atoms. The first kappa shape index (κ1) is 17.0. The van der Waals surface area contributed by atoms with E-state index in [1.807, 2.05) is 43.4 Å². The van der Waals surface area contributed by atoms with Crippen LogP contribution in [0.15, 0.2) is 60.7 Å². The van der Waals surface area contributed by atoms with Crippen LogP contribution < -0.4 is 16.0 Å². The van der Waals surface area contributed by atoms with E-state index in [9.17, 15) is 0 Å². The highest BCUT2D eigenvalue weighted by Crippen LogP contribution is 2.03. The van der Waals surface area contributed by atoms with Gasteiger partial charge in [-0.25, -0.2) is 0 Å². The average molecular weight is 287 g/mol. The van der Waals surface area contributed by atoms with Crippen molar-refractivity contribution in [1.82, 2.24) is 10.6 Å². The Kier molecular flexibility index (Phi) is 9.53. The quantitative estimate of drug-likeness (QED) is 0.650. The summed E-state index contributed by atoms with van der Waals surface area (Å²) in [6.45, 7) is 4.56. The number of hydrogen-bond donors (Lipinski definition) is 4. The summed E-state index contributed by atoms with van der Waals surface area (Å²) in [5.74, 6) is 0.322. The topological polar surface area (TPSA) is 56.3 Å². The smallest absolute Gasteiger partial charge is 0.115 e. The monoisotopic (exact) mass is 287 g/mol. The maximum absolute atomic E-state index is 8.63. The third kappa shape index (κ3) is 9.49. The van der Waals surface area contributed by atoms with Crippen molar-refractivity contribution in [3.8, 4) is 5.75 Å². The van der Waals surface area contributed by atoms with Crippen molar-refractivity contribution in [2.45, 2.75) is 0 Å². The first-order valence-electron chi connectivity index (χ1n) is 7.21. The van der Waals surface area contributed by atoms with E-state index < -0.39 is 0 Å². The van der Waals surface area contributed by atoms with Gasteiger partial charge in [-0.3, -0.25) is 0 Å². The molecular formula is C17H25N3O. The molecule has 1 heterocycles. The summed E-state index contributed by atoms with van der Waals surface area (Å²) in [5.41, 5.74) is 1.16. The van der Waals surface area contributed by atoms with Crippen molar-refractivity contribution in [3.63, 3.8) is 0 Å². The molecule has 4 nitrogen and oxygen atoms in total. The number of nitrogens with one attached hydrogen (secondary N) is 3. The minimum absolute atomic E-state index is 0.322. The minimum atomic E-state index is 0.322. The van der Waals surface area contributed by atoms with Crippen LogP contribution in [0.4, 0.5) is 5.69 Å². The van der Waals surface area contributed by atoms with Crippen LogP contribution in [0, 0.1) is 0 Å². The van der Waals surface area contributed by atoms with Crippen LogP contribution in [0.5, 0.6) is 5.75 Å². The number of anilines is 1. The van der Waals surface area contributed by atoms with Gasteiger partial charge in [-0.05, 0) is 24.3 Å². The fourth-order valence-electron chi connectivity index (χ4n) is 1.64. The Labute approximate surface area is 127 Å². The second-order valence-electron chi connectivity index (χ2n) is 4.45. The van der Waals surface area contributed by atoms with Crippen LogP contribution in [0.2, 0.25) is 0 Å². The van der Waals surface area contributed by atoms with Gasteiger partial charge in [0.2, 0.25) is 0 Å². The van der Waals surface area contributed by atoms with Gasteiger partial charge < -0.3 is 21.1 Å². The largest absolute Gasteiger partial charge is 0.508 e. The van der Waals surface area contributed by atoms with Crippen LogP contribution in [0.1, 0.15) is 0 Å². The van der Waals surface area contributed by atoms with Gasteiger partial charge in [0.15, 0.2) is 0 Å². The van der Waals surface area contributed by atoms with Crippen LogP contribution in [0.25, 0.3) is 0 Å². The van der Waals surface area contributed by atoms with Crippen molar-refractivity contribution in [1.29, 1.82) is 0 Å². The van der Waals surface area contributed by atoms with Crippen LogP contribution in [0.3, 0.4) is 0 Å². The van der Waals surface area contributed by atoms with Gasteiger partial charge in [-0.1, -0.05) is 36.4 Å². The van der Waals surface area contributed by atoms with E-state index in [1.54, 1.807) is 24.3 Å². The highest BCUT2D eigenvalue weighted by Gasteiger charge is 1.91. The van der Waals surface area contributed by atoms with Gasteiger partial charge in [-0.15, -0.1) is 0 Å². The summed E-state index contributed by atoms with van der Waals surface area (Å²) < 4.78 is 0. The Bertz CT molecular complexity index is 433. The summed E-state index contributed by atoms with van der Waals surface area (Å²) in [5, 5.41) is 18.1. The number of benzene rings is 2. The number of phenolic OH excluding ortho intramolecular Hbond substituents is 1. The Morgan fingerprint density at radius 1 is 0.762 bits per heavy atom. The standard InChI is InChI=1S/C7H9N.C6H6O.C4H10N2/c1-8-7-5-3-2-4-6-7;7-6-4-2-1-3-5-6;1-2-6-4-3-5-1/h2-6,8H,1H3;1-5,7H;5-6H,1-4H2. The zero-order valence-corrected chi connectivity index (χ0v) is 12.5. The third-order valence-corrected chi connectivity index (χ3v) is 2.78. The highest BCUT2D eigenvalue weighted by molar-refractivity contribution is 5.41. The summed E-state index contributed by atoms with van der Waals surface area (Å²) in [6.07, 6.45) is 0. The summed E-state index contributed by atoms with van der Waals surface area (Å²) >= 11 is 0. The molecule has 1 aliphatic rings. The van der Waals surface area contributed by atoms with Crippen LogP contribution in [-0.4, -0.2) is 38.3 Å². The maximum Gasteiger partial charge on any atom is 0.115 e. The average Bonchev–Trinajstić information content (AvgIpc) is 2.59. The molecule has 0 unspecified atom stereocenters. The third-order valence-electron chi connectivity index (χ3n) is 2.78. The highest BCUT2D eigenvalue weighted by atomic mass is 16.3. The van der Waals surface area contributed by atoms with Crippen LogP contribution in [-0.2, 0) is 0 Å². The van der Waals surface area contributed by atoms with Gasteiger partial charge in [0, 0.05) is 38.9 Å². The second kappa shape index (κ2) is 11.8. The van der Waals surface area contributed by atoms with E-state index in [0.717, 1.165) is 31.9 Å². The van der Waals surface area contributed by atoms with Crippen LogP contribution >= 0.6 is 0 Å². The van der Waals surface area contributed by atoms with E-state index in [4.69, 9.17) is 5.11 Å². The molecule has 0 aromatic heterocycles. The lowest BCUT2D eigenvalue weighted by atomic mass is 10.3. The van der Waals surface area contributed by atoms with Crippen molar-refractivity contribution >= 4 is 5.69 Å². The molecule has 1 fully saturated rings. The lowest BCUT2D eigenvalue weighted by Crippen LogP contribution is -2.39. The molecule has 0 aliphatic carbocycles. The number of aromatic hydroxyl groups is 1. The molecule has 0 bridgehead atoms. The zero-order valence-electron chi connectivity index (χ0n) is 12.5. The molecule has 1 saturated heterocycles. The second-order valence-corrected chi connectivity index (χ2v) is 4.45. The molecule has 1 aliphatic heterocycles. The predicted octanol–water partition coefficient (Wildman–Crippen LogP) is 2.30. The molecule has 0 saturated carbocycles. The maximum atomic E-state index is 8.63. The minimum Gasteiger partial charge on any atom is -0.508 e. The SMILES string of the molecule is C1CNCCN1.CNc1ccccc1.Oc1ccccc1. The first-order chi connectivity index (χ1) is 10.3. The van der Waals surface area contributed by atoms with E-state index in [-0.39, 0.29) is 0 Å². The Balaban J connectivity index is 0.000000159. The zero-order chi connectivity index (χ0) is 15.2. The van der Waals surface area contributed by atoms with E-state index in [0.29, 0.717) is 5.75 Å². The summed E-state index contributed by atoms with van der Waals surface area (Å²) in [7, 11) is 1.91.